The van der Waals surface area contributed by atoms with Gasteiger partial charge in [-0.25, -0.2) is 0 Å². The Bertz CT molecular complexity index is 290. The molecule has 76 valence electrons. The standard InChI is InChI=1S/C12H16ClN/c1-2-12(14-11-7-8-11)9-3-5-10(13)6-4-9/h3-6,11-12,14H,2,7-8H2,1H3/t12-/m0/s1. The number of nitrogens with one attached hydrogen (secondary N) is 1. The smallest absolute Gasteiger partial charge is 0.0406 e. The lowest BCUT2D eigenvalue weighted by molar-refractivity contribution is 0.516. The van der Waals surface area contributed by atoms with Crippen molar-refractivity contribution in [3.05, 3.63) is 34.9 Å². The lowest BCUT2D eigenvalue weighted by atomic mass is 10.0. The van der Waals surface area contributed by atoms with E-state index in [4.69, 9.17) is 11.6 Å². The van der Waals surface area contributed by atoms with Crippen molar-refractivity contribution in [3.8, 4) is 0 Å². The molecule has 0 heterocycles. The molecular weight excluding hydrogens is 194 g/mol. The summed E-state index contributed by atoms with van der Waals surface area (Å²) in [5.74, 6) is 0. The molecule has 0 bridgehead atoms. The zero-order valence-corrected chi connectivity index (χ0v) is 9.22. The zero-order valence-electron chi connectivity index (χ0n) is 8.46. The third-order valence-electron chi connectivity index (χ3n) is 2.69. The van der Waals surface area contributed by atoms with Gasteiger partial charge in [0.1, 0.15) is 0 Å². The van der Waals surface area contributed by atoms with Crippen LogP contribution in [0.1, 0.15) is 37.8 Å². The molecule has 2 heteroatoms. The largest absolute Gasteiger partial charge is 0.307 e. The van der Waals surface area contributed by atoms with Crippen LogP contribution in [-0.2, 0) is 0 Å². The summed E-state index contributed by atoms with van der Waals surface area (Å²) < 4.78 is 0. The van der Waals surface area contributed by atoms with E-state index < -0.39 is 0 Å². The van der Waals surface area contributed by atoms with Crippen molar-refractivity contribution < 1.29 is 0 Å². The fraction of sp³-hybridized carbons (Fsp3) is 0.500. The van der Waals surface area contributed by atoms with E-state index in [1.807, 2.05) is 12.1 Å². The van der Waals surface area contributed by atoms with Gasteiger partial charge in [-0.15, -0.1) is 0 Å². The normalized spacial score (nSPS) is 18.1. The van der Waals surface area contributed by atoms with Gasteiger partial charge in [-0.05, 0) is 37.0 Å². The Balaban J connectivity index is 2.05. The van der Waals surface area contributed by atoms with Gasteiger partial charge < -0.3 is 5.32 Å². The van der Waals surface area contributed by atoms with Crippen molar-refractivity contribution in [1.82, 2.24) is 5.32 Å². The van der Waals surface area contributed by atoms with Crippen molar-refractivity contribution in [3.63, 3.8) is 0 Å². The zero-order chi connectivity index (χ0) is 9.97. The Kier molecular flexibility index (Phi) is 3.09. The first-order chi connectivity index (χ1) is 6.79. The maximum Gasteiger partial charge on any atom is 0.0406 e. The van der Waals surface area contributed by atoms with Crippen LogP contribution in [0.3, 0.4) is 0 Å². The second-order valence-electron chi connectivity index (χ2n) is 3.95. The molecule has 0 radical (unpaired) electrons. The molecule has 1 fully saturated rings. The molecule has 1 N–H and O–H groups in total. The van der Waals surface area contributed by atoms with Gasteiger partial charge in [0.25, 0.3) is 0 Å². The van der Waals surface area contributed by atoms with Crippen molar-refractivity contribution in [2.24, 2.45) is 0 Å². The molecule has 1 aromatic carbocycles. The fourth-order valence-electron chi connectivity index (χ4n) is 1.68. The molecule has 0 spiro atoms. The van der Waals surface area contributed by atoms with Crippen LogP contribution < -0.4 is 5.32 Å². The van der Waals surface area contributed by atoms with E-state index in [1.54, 1.807) is 0 Å². The molecule has 14 heavy (non-hydrogen) atoms. The number of halogens is 1. The highest BCUT2D eigenvalue weighted by atomic mass is 35.5. The van der Waals surface area contributed by atoms with Crippen LogP contribution in [0.15, 0.2) is 24.3 Å². The topological polar surface area (TPSA) is 12.0 Å². The van der Waals surface area contributed by atoms with Gasteiger partial charge in [0.05, 0.1) is 0 Å². The quantitative estimate of drug-likeness (QED) is 0.800. The number of rotatable bonds is 4. The predicted molar refractivity (Wildman–Crippen MR) is 60.6 cm³/mol. The third-order valence-corrected chi connectivity index (χ3v) is 2.95. The van der Waals surface area contributed by atoms with E-state index in [1.165, 1.54) is 18.4 Å². The van der Waals surface area contributed by atoms with Crippen molar-refractivity contribution >= 4 is 11.6 Å². The molecular formula is C12H16ClN. The van der Waals surface area contributed by atoms with E-state index in [2.05, 4.69) is 24.4 Å². The van der Waals surface area contributed by atoms with Crippen molar-refractivity contribution in [2.45, 2.75) is 38.3 Å². The number of hydrogen-bond acceptors (Lipinski definition) is 1. The van der Waals surface area contributed by atoms with E-state index in [-0.39, 0.29) is 0 Å². The SMILES string of the molecule is CC[C@H](NC1CC1)c1ccc(Cl)cc1. The van der Waals surface area contributed by atoms with E-state index in [0.717, 1.165) is 17.5 Å². The van der Waals surface area contributed by atoms with E-state index in [9.17, 15) is 0 Å². The monoisotopic (exact) mass is 209 g/mol. The Hall–Kier alpha value is -0.530. The first-order valence-electron chi connectivity index (χ1n) is 5.31. The van der Waals surface area contributed by atoms with E-state index in [0.29, 0.717) is 6.04 Å². The summed E-state index contributed by atoms with van der Waals surface area (Å²) in [5.41, 5.74) is 1.35. The molecule has 1 nitrogen and oxygen atoms in total. The van der Waals surface area contributed by atoms with Gasteiger partial charge in [-0.3, -0.25) is 0 Å². The van der Waals surface area contributed by atoms with Gasteiger partial charge in [-0.1, -0.05) is 30.7 Å². The van der Waals surface area contributed by atoms with Gasteiger partial charge in [0, 0.05) is 17.1 Å². The predicted octanol–water partition coefficient (Wildman–Crippen LogP) is 3.54. The number of benzene rings is 1. The molecule has 0 aliphatic heterocycles. The molecule has 1 aromatic rings. The van der Waals surface area contributed by atoms with Crippen LogP contribution >= 0.6 is 11.6 Å². The minimum atomic E-state index is 0.500. The molecule has 0 amide bonds. The Morgan fingerprint density at radius 1 is 1.36 bits per heavy atom. The average molecular weight is 210 g/mol. The Morgan fingerprint density at radius 2 is 2.00 bits per heavy atom. The first-order valence-corrected chi connectivity index (χ1v) is 5.69. The minimum absolute atomic E-state index is 0.500. The lowest BCUT2D eigenvalue weighted by Crippen LogP contribution is -2.22. The average Bonchev–Trinajstić information content (AvgIpc) is 3.00. The molecule has 1 aliphatic rings. The van der Waals surface area contributed by atoms with Gasteiger partial charge >= 0.3 is 0 Å². The summed E-state index contributed by atoms with van der Waals surface area (Å²) in [6.45, 7) is 2.22. The van der Waals surface area contributed by atoms with E-state index >= 15 is 0 Å². The van der Waals surface area contributed by atoms with Crippen LogP contribution in [0.25, 0.3) is 0 Å². The molecule has 1 saturated carbocycles. The molecule has 0 aromatic heterocycles. The van der Waals surface area contributed by atoms with Crippen LogP contribution in [0.2, 0.25) is 5.02 Å². The minimum Gasteiger partial charge on any atom is -0.307 e. The highest BCUT2D eigenvalue weighted by Crippen LogP contribution is 2.26. The molecule has 1 atom stereocenters. The highest BCUT2D eigenvalue weighted by Gasteiger charge is 2.24. The van der Waals surface area contributed by atoms with Crippen molar-refractivity contribution in [2.75, 3.05) is 0 Å². The maximum absolute atomic E-state index is 5.86. The summed E-state index contributed by atoms with van der Waals surface area (Å²) in [4.78, 5) is 0. The molecule has 0 unspecified atom stereocenters. The first kappa shape index (κ1) is 10.0. The highest BCUT2D eigenvalue weighted by molar-refractivity contribution is 6.30. The molecule has 0 saturated heterocycles. The van der Waals surface area contributed by atoms with Crippen LogP contribution in [0.4, 0.5) is 0 Å². The second-order valence-corrected chi connectivity index (χ2v) is 4.39. The summed E-state index contributed by atoms with van der Waals surface area (Å²) in [6, 6.07) is 9.43. The summed E-state index contributed by atoms with van der Waals surface area (Å²) >= 11 is 5.86. The third kappa shape index (κ3) is 2.49. The fourth-order valence-corrected chi connectivity index (χ4v) is 1.81. The molecule has 2 rings (SSSR count). The summed E-state index contributed by atoms with van der Waals surface area (Å²) in [5, 5.41) is 4.45. The maximum atomic E-state index is 5.86. The van der Waals surface area contributed by atoms with Crippen LogP contribution in [-0.4, -0.2) is 6.04 Å². The molecule has 1 aliphatic carbocycles. The van der Waals surface area contributed by atoms with Crippen LogP contribution in [0.5, 0.6) is 0 Å². The van der Waals surface area contributed by atoms with Gasteiger partial charge in [0.15, 0.2) is 0 Å². The Morgan fingerprint density at radius 3 is 2.50 bits per heavy atom. The van der Waals surface area contributed by atoms with Crippen molar-refractivity contribution in [1.29, 1.82) is 0 Å². The summed E-state index contributed by atoms with van der Waals surface area (Å²) in [6.07, 6.45) is 3.81. The summed E-state index contributed by atoms with van der Waals surface area (Å²) in [7, 11) is 0. The lowest BCUT2D eigenvalue weighted by Gasteiger charge is -2.16. The Labute approximate surface area is 90.5 Å². The number of hydrogen-bond donors (Lipinski definition) is 1. The van der Waals surface area contributed by atoms with Gasteiger partial charge in [0.2, 0.25) is 0 Å². The second kappa shape index (κ2) is 4.33. The van der Waals surface area contributed by atoms with Crippen LogP contribution in [0, 0.1) is 0 Å². The van der Waals surface area contributed by atoms with Gasteiger partial charge in [-0.2, -0.15) is 0 Å².